The average Bonchev–Trinajstić information content (AvgIpc) is 2.53. The van der Waals surface area contributed by atoms with Crippen LogP contribution in [0.25, 0.3) is 0 Å². The van der Waals surface area contributed by atoms with Crippen LogP contribution < -0.4 is 10.6 Å². The van der Waals surface area contributed by atoms with Crippen molar-refractivity contribution in [2.45, 2.75) is 31.8 Å². The van der Waals surface area contributed by atoms with Crippen LogP contribution in [0.4, 0.5) is 11.9 Å². The maximum Gasteiger partial charge on any atom is 0.229 e. The number of rotatable bonds is 4. The van der Waals surface area contributed by atoms with Gasteiger partial charge in [-0.1, -0.05) is 24.3 Å². The first kappa shape index (κ1) is 15.7. The van der Waals surface area contributed by atoms with E-state index in [0.717, 1.165) is 6.42 Å². The van der Waals surface area contributed by atoms with Crippen LogP contribution in [0.1, 0.15) is 35.8 Å². The fraction of sp³-hybridized carbons (Fsp3) is 0.471. The Hall–Kier alpha value is -2.21. The van der Waals surface area contributed by atoms with E-state index in [1.54, 1.807) is 0 Å². The van der Waals surface area contributed by atoms with E-state index in [-0.39, 0.29) is 5.95 Å². The molecule has 1 aromatic carbocycles. The van der Waals surface area contributed by atoms with Crippen molar-refractivity contribution in [3.05, 3.63) is 41.2 Å². The van der Waals surface area contributed by atoms with Crippen molar-refractivity contribution < 1.29 is 0 Å². The minimum Gasteiger partial charge on any atom is -0.368 e. The number of anilines is 2. The molecule has 1 heterocycles. The molecule has 0 aliphatic heterocycles. The fourth-order valence-corrected chi connectivity index (χ4v) is 3.22. The van der Waals surface area contributed by atoms with Gasteiger partial charge in [-0.3, -0.25) is 4.90 Å². The Kier molecular flexibility index (Phi) is 4.43. The Balaban J connectivity index is 1.82. The summed E-state index contributed by atoms with van der Waals surface area (Å²) in [6.45, 7) is 0.659. The van der Waals surface area contributed by atoms with E-state index in [4.69, 9.17) is 5.73 Å². The number of nitrogen functional groups attached to an aromatic ring is 1. The van der Waals surface area contributed by atoms with Crippen molar-refractivity contribution in [3.63, 3.8) is 0 Å². The monoisotopic (exact) mass is 312 g/mol. The Bertz CT molecular complexity index is 685. The zero-order valence-corrected chi connectivity index (χ0v) is 14.0. The van der Waals surface area contributed by atoms with Crippen molar-refractivity contribution in [2.75, 3.05) is 31.8 Å². The molecule has 2 aromatic rings. The van der Waals surface area contributed by atoms with Crippen molar-refractivity contribution in [1.29, 1.82) is 0 Å². The molecule has 0 saturated carbocycles. The van der Waals surface area contributed by atoms with E-state index in [1.165, 1.54) is 24.0 Å². The Morgan fingerprint density at radius 3 is 2.70 bits per heavy atom. The topological polar surface area (TPSA) is 71.2 Å². The summed E-state index contributed by atoms with van der Waals surface area (Å²) in [6, 6.07) is 9.12. The highest BCUT2D eigenvalue weighted by Gasteiger charge is 2.24. The zero-order chi connectivity index (χ0) is 16.4. The standard InChI is InChI=1S/C17H24N6/c1-22(2)17-20-15(19-16(18)21-17)11-23(3)14-10-6-8-12-7-4-5-9-13(12)14/h4-5,7,9,14H,6,8,10-11H2,1-3H3,(H2,18,19,20,21). The molecule has 0 spiro atoms. The smallest absolute Gasteiger partial charge is 0.229 e. The molecule has 6 heteroatoms. The second kappa shape index (κ2) is 6.50. The molecule has 2 N–H and O–H groups in total. The van der Waals surface area contributed by atoms with Gasteiger partial charge < -0.3 is 10.6 Å². The Morgan fingerprint density at radius 2 is 1.91 bits per heavy atom. The van der Waals surface area contributed by atoms with Crippen LogP contribution in [0, 0.1) is 0 Å². The van der Waals surface area contributed by atoms with Gasteiger partial charge in [-0.2, -0.15) is 15.0 Å². The van der Waals surface area contributed by atoms with Gasteiger partial charge in [0.1, 0.15) is 5.82 Å². The van der Waals surface area contributed by atoms with Gasteiger partial charge in [-0.15, -0.1) is 0 Å². The second-order valence-corrected chi connectivity index (χ2v) is 6.33. The van der Waals surface area contributed by atoms with Gasteiger partial charge in [0.15, 0.2) is 0 Å². The van der Waals surface area contributed by atoms with Crippen LogP contribution in [0.5, 0.6) is 0 Å². The molecule has 23 heavy (non-hydrogen) atoms. The number of hydrogen-bond acceptors (Lipinski definition) is 6. The highest BCUT2D eigenvalue weighted by molar-refractivity contribution is 5.33. The number of nitrogens with two attached hydrogens (primary N) is 1. The average molecular weight is 312 g/mol. The highest BCUT2D eigenvalue weighted by atomic mass is 15.3. The molecule has 0 bridgehead atoms. The van der Waals surface area contributed by atoms with Crippen LogP contribution in [-0.4, -0.2) is 41.0 Å². The lowest BCUT2D eigenvalue weighted by molar-refractivity contribution is 0.208. The lowest BCUT2D eigenvalue weighted by atomic mass is 9.87. The second-order valence-electron chi connectivity index (χ2n) is 6.33. The normalized spacial score (nSPS) is 17.1. The Morgan fingerprint density at radius 1 is 1.13 bits per heavy atom. The lowest BCUT2D eigenvalue weighted by Gasteiger charge is -2.33. The van der Waals surface area contributed by atoms with E-state index in [2.05, 4.69) is 51.2 Å². The van der Waals surface area contributed by atoms with Crippen molar-refractivity contribution in [1.82, 2.24) is 19.9 Å². The molecule has 1 atom stereocenters. The van der Waals surface area contributed by atoms with Crippen LogP contribution in [-0.2, 0) is 13.0 Å². The molecule has 6 nitrogen and oxygen atoms in total. The van der Waals surface area contributed by atoms with Crippen molar-refractivity contribution in [2.24, 2.45) is 0 Å². The molecule has 3 rings (SSSR count). The van der Waals surface area contributed by atoms with Crippen molar-refractivity contribution in [3.8, 4) is 0 Å². The molecular formula is C17H24N6. The third kappa shape index (κ3) is 3.42. The van der Waals surface area contributed by atoms with Crippen molar-refractivity contribution >= 4 is 11.9 Å². The number of aryl methyl sites for hydroxylation is 1. The SMILES string of the molecule is CN(C)c1nc(N)nc(CN(C)C2CCCc3ccccc32)n1. The van der Waals surface area contributed by atoms with Crippen LogP contribution in [0.3, 0.4) is 0 Å². The molecule has 0 amide bonds. The summed E-state index contributed by atoms with van der Waals surface area (Å²) in [5, 5.41) is 0. The van der Waals surface area contributed by atoms with Crippen LogP contribution in [0.2, 0.25) is 0 Å². The predicted molar refractivity (Wildman–Crippen MR) is 92.2 cm³/mol. The number of benzene rings is 1. The van der Waals surface area contributed by atoms with E-state index >= 15 is 0 Å². The van der Waals surface area contributed by atoms with Gasteiger partial charge >= 0.3 is 0 Å². The molecule has 0 saturated heterocycles. The summed E-state index contributed by atoms with van der Waals surface area (Å²) in [7, 11) is 5.93. The van der Waals surface area contributed by atoms with E-state index in [0.29, 0.717) is 24.4 Å². The predicted octanol–water partition coefficient (Wildman–Crippen LogP) is 2.03. The number of hydrogen-bond donors (Lipinski definition) is 1. The summed E-state index contributed by atoms with van der Waals surface area (Å²) in [6.07, 6.45) is 3.55. The van der Waals surface area contributed by atoms with E-state index < -0.39 is 0 Å². The van der Waals surface area contributed by atoms with Gasteiger partial charge in [0.25, 0.3) is 0 Å². The molecule has 122 valence electrons. The van der Waals surface area contributed by atoms with E-state index in [9.17, 15) is 0 Å². The number of aromatic nitrogens is 3. The fourth-order valence-electron chi connectivity index (χ4n) is 3.22. The summed E-state index contributed by atoms with van der Waals surface area (Å²) >= 11 is 0. The molecule has 1 unspecified atom stereocenters. The largest absolute Gasteiger partial charge is 0.368 e. The molecule has 0 fully saturated rings. The van der Waals surface area contributed by atoms with Gasteiger partial charge in [-0.25, -0.2) is 0 Å². The van der Waals surface area contributed by atoms with Gasteiger partial charge in [0.05, 0.1) is 6.54 Å². The van der Waals surface area contributed by atoms with Gasteiger partial charge in [-0.05, 0) is 37.4 Å². The molecule has 1 aromatic heterocycles. The molecular weight excluding hydrogens is 288 g/mol. The van der Waals surface area contributed by atoms with Gasteiger partial charge in [0.2, 0.25) is 11.9 Å². The number of nitrogens with zero attached hydrogens (tertiary/aromatic N) is 5. The van der Waals surface area contributed by atoms with E-state index in [1.807, 2.05) is 19.0 Å². The summed E-state index contributed by atoms with van der Waals surface area (Å²) < 4.78 is 0. The first-order valence-electron chi connectivity index (χ1n) is 8.00. The van der Waals surface area contributed by atoms with Gasteiger partial charge in [0, 0.05) is 20.1 Å². The molecule has 0 radical (unpaired) electrons. The quantitative estimate of drug-likeness (QED) is 0.931. The maximum atomic E-state index is 5.82. The molecule has 1 aliphatic rings. The summed E-state index contributed by atoms with van der Waals surface area (Å²) in [4.78, 5) is 17.1. The maximum absolute atomic E-state index is 5.82. The third-order valence-corrected chi connectivity index (χ3v) is 4.35. The van der Waals surface area contributed by atoms with Crippen LogP contribution in [0.15, 0.2) is 24.3 Å². The summed E-state index contributed by atoms with van der Waals surface area (Å²) in [5.74, 6) is 1.59. The minimum absolute atomic E-state index is 0.274. The zero-order valence-electron chi connectivity index (χ0n) is 14.0. The lowest BCUT2D eigenvalue weighted by Crippen LogP contribution is -2.28. The first-order chi connectivity index (χ1) is 11.0. The Labute approximate surface area is 137 Å². The molecule has 1 aliphatic carbocycles. The van der Waals surface area contributed by atoms with Crippen LogP contribution >= 0.6 is 0 Å². The highest BCUT2D eigenvalue weighted by Crippen LogP contribution is 2.33. The summed E-state index contributed by atoms with van der Waals surface area (Å²) in [5.41, 5.74) is 8.71. The first-order valence-corrected chi connectivity index (χ1v) is 8.00. The minimum atomic E-state index is 0.274. The third-order valence-electron chi connectivity index (χ3n) is 4.35. The number of fused-ring (bicyclic) bond motifs is 1.